The van der Waals surface area contributed by atoms with Crippen molar-refractivity contribution in [1.82, 2.24) is 14.5 Å². The van der Waals surface area contributed by atoms with Crippen LogP contribution in [0.15, 0.2) is 12.5 Å². The van der Waals surface area contributed by atoms with Crippen LogP contribution in [0.1, 0.15) is 6.23 Å². The molecule has 2 aromatic heterocycles. The van der Waals surface area contributed by atoms with Crippen LogP contribution in [0.25, 0.3) is 11.0 Å². The van der Waals surface area contributed by atoms with Gasteiger partial charge in [-0.15, -0.1) is 0 Å². The Balaban J connectivity index is 2.06. The standard InChI is InChI=1S/C10H13N5O3/c11-5-1-15(6-3-17-7(2-16)18-6)10-8(5)9(12)13-4-14-10/h1,4,6-7,16H,2-3,11H2,(H2,12,13,14)/t6-,7-/m1/s1. The summed E-state index contributed by atoms with van der Waals surface area (Å²) in [7, 11) is 0. The van der Waals surface area contributed by atoms with Crippen molar-refractivity contribution in [3.05, 3.63) is 12.5 Å². The van der Waals surface area contributed by atoms with E-state index in [1.54, 1.807) is 10.8 Å². The van der Waals surface area contributed by atoms with E-state index in [0.29, 0.717) is 29.1 Å². The summed E-state index contributed by atoms with van der Waals surface area (Å²) in [6.07, 6.45) is 2.06. The molecule has 1 aliphatic rings. The van der Waals surface area contributed by atoms with Gasteiger partial charge in [-0.1, -0.05) is 0 Å². The molecule has 1 aliphatic heterocycles. The van der Waals surface area contributed by atoms with Gasteiger partial charge in [0.25, 0.3) is 0 Å². The largest absolute Gasteiger partial charge is 0.397 e. The van der Waals surface area contributed by atoms with Crippen LogP contribution in [0.2, 0.25) is 0 Å². The van der Waals surface area contributed by atoms with Gasteiger partial charge in [0.2, 0.25) is 0 Å². The van der Waals surface area contributed by atoms with Crippen LogP contribution in [0.5, 0.6) is 0 Å². The van der Waals surface area contributed by atoms with E-state index < -0.39 is 6.29 Å². The molecule has 0 spiro atoms. The highest BCUT2D eigenvalue weighted by Gasteiger charge is 2.28. The lowest BCUT2D eigenvalue weighted by atomic mass is 10.3. The molecule has 1 saturated heterocycles. The monoisotopic (exact) mass is 251 g/mol. The number of nitrogen functional groups attached to an aromatic ring is 2. The smallest absolute Gasteiger partial charge is 0.183 e. The van der Waals surface area contributed by atoms with Crippen molar-refractivity contribution in [2.45, 2.75) is 12.5 Å². The van der Waals surface area contributed by atoms with E-state index in [1.807, 2.05) is 0 Å². The zero-order valence-corrected chi connectivity index (χ0v) is 9.48. The lowest BCUT2D eigenvalue weighted by Gasteiger charge is -2.11. The fourth-order valence-corrected chi connectivity index (χ4v) is 2.04. The number of nitrogens with two attached hydrogens (primary N) is 2. The second-order valence-electron chi connectivity index (χ2n) is 3.99. The van der Waals surface area contributed by atoms with E-state index in [9.17, 15) is 0 Å². The molecule has 8 heteroatoms. The fourth-order valence-electron chi connectivity index (χ4n) is 2.04. The summed E-state index contributed by atoms with van der Waals surface area (Å²) in [6.45, 7) is 0.126. The zero-order chi connectivity index (χ0) is 12.7. The van der Waals surface area contributed by atoms with Crippen LogP contribution in [-0.2, 0) is 9.47 Å². The summed E-state index contributed by atoms with van der Waals surface area (Å²) in [5.74, 6) is 0.328. The van der Waals surface area contributed by atoms with Crippen LogP contribution >= 0.6 is 0 Å². The molecule has 3 rings (SSSR count). The third-order valence-corrected chi connectivity index (χ3v) is 2.86. The Kier molecular flexibility index (Phi) is 2.54. The number of fused-ring (bicyclic) bond motifs is 1. The lowest BCUT2D eigenvalue weighted by Crippen LogP contribution is -2.15. The van der Waals surface area contributed by atoms with Crippen LogP contribution in [-0.4, -0.2) is 39.1 Å². The molecule has 5 N–H and O–H groups in total. The number of hydrogen-bond donors (Lipinski definition) is 3. The van der Waals surface area contributed by atoms with Gasteiger partial charge in [-0.25, -0.2) is 9.97 Å². The third kappa shape index (κ3) is 1.58. The average molecular weight is 251 g/mol. The third-order valence-electron chi connectivity index (χ3n) is 2.86. The van der Waals surface area contributed by atoms with Crippen molar-refractivity contribution >= 4 is 22.5 Å². The Morgan fingerprint density at radius 2 is 2.28 bits per heavy atom. The Labute approximate surface area is 102 Å². The minimum absolute atomic E-state index is 0.192. The van der Waals surface area contributed by atoms with Crippen molar-refractivity contribution < 1.29 is 14.6 Å². The minimum atomic E-state index is -0.618. The van der Waals surface area contributed by atoms with Crippen LogP contribution in [0.4, 0.5) is 11.5 Å². The van der Waals surface area contributed by atoms with Crippen LogP contribution in [0.3, 0.4) is 0 Å². The van der Waals surface area contributed by atoms with E-state index in [0.717, 1.165) is 0 Å². The number of anilines is 2. The Morgan fingerprint density at radius 1 is 1.44 bits per heavy atom. The summed E-state index contributed by atoms with van der Waals surface area (Å²) in [5, 5.41) is 9.57. The van der Waals surface area contributed by atoms with Gasteiger partial charge in [-0.2, -0.15) is 0 Å². The molecule has 3 heterocycles. The first-order valence-corrected chi connectivity index (χ1v) is 5.45. The van der Waals surface area contributed by atoms with Crippen molar-refractivity contribution in [2.75, 3.05) is 24.7 Å². The number of aliphatic hydroxyl groups is 1. The number of rotatable bonds is 2. The average Bonchev–Trinajstić information content (AvgIpc) is 2.94. The predicted molar refractivity (Wildman–Crippen MR) is 63.3 cm³/mol. The van der Waals surface area contributed by atoms with E-state index in [4.69, 9.17) is 26.0 Å². The molecule has 8 nitrogen and oxygen atoms in total. The first-order chi connectivity index (χ1) is 8.70. The number of nitrogens with zero attached hydrogens (tertiary/aromatic N) is 3. The number of ether oxygens (including phenoxy) is 2. The molecule has 0 bridgehead atoms. The Hall–Kier alpha value is -1.90. The van der Waals surface area contributed by atoms with Gasteiger partial charge in [0.1, 0.15) is 17.8 Å². The quantitative estimate of drug-likeness (QED) is 0.655. The predicted octanol–water partition coefficient (Wildman–Crippen LogP) is -0.541. The van der Waals surface area contributed by atoms with Crippen LogP contribution in [0, 0.1) is 0 Å². The van der Waals surface area contributed by atoms with Gasteiger partial charge in [0.15, 0.2) is 12.5 Å². The topological polar surface area (TPSA) is 121 Å². The molecular weight excluding hydrogens is 238 g/mol. The Bertz CT molecular complexity index is 584. The first-order valence-electron chi connectivity index (χ1n) is 5.45. The van der Waals surface area contributed by atoms with Gasteiger partial charge in [0, 0.05) is 6.20 Å². The van der Waals surface area contributed by atoms with Gasteiger partial charge >= 0.3 is 0 Å². The van der Waals surface area contributed by atoms with Crippen molar-refractivity contribution in [3.8, 4) is 0 Å². The summed E-state index contributed by atoms with van der Waals surface area (Å²) >= 11 is 0. The molecule has 96 valence electrons. The molecule has 0 aromatic carbocycles. The fraction of sp³-hybridized carbons (Fsp3) is 0.400. The molecular formula is C10H13N5O3. The highest BCUT2D eigenvalue weighted by atomic mass is 16.7. The summed E-state index contributed by atoms with van der Waals surface area (Å²) in [5.41, 5.74) is 12.7. The summed E-state index contributed by atoms with van der Waals surface area (Å²) < 4.78 is 12.5. The molecule has 18 heavy (non-hydrogen) atoms. The molecule has 1 fully saturated rings. The SMILES string of the molecule is Nc1cn([C@H]2CO[C@@H](CO)O2)c2ncnc(N)c12. The highest BCUT2D eigenvalue weighted by Crippen LogP contribution is 2.31. The van der Waals surface area contributed by atoms with Gasteiger partial charge < -0.3 is 30.6 Å². The molecule has 2 aromatic rings. The first kappa shape index (κ1) is 11.2. The maximum Gasteiger partial charge on any atom is 0.183 e. The maximum atomic E-state index is 8.96. The van der Waals surface area contributed by atoms with E-state index >= 15 is 0 Å². The van der Waals surface area contributed by atoms with Gasteiger partial charge in [-0.3, -0.25) is 0 Å². The second kappa shape index (κ2) is 4.09. The van der Waals surface area contributed by atoms with Crippen molar-refractivity contribution in [3.63, 3.8) is 0 Å². The van der Waals surface area contributed by atoms with Crippen LogP contribution < -0.4 is 11.5 Å². The summed E-state index contributed by atoms with van der Waals surface area (Å²) in [4.78, 5) is 8.05. The lowest BCUT2D eigenvalue weighted by molar-refractivity contribution is -0.0979. The van der Waals surface area contributed by atoms with Crippen molar-refractivity contribution in [1.29, 1.82) is 0 Å². The number of hydrogen-bond acceptors (Lipinski definition) is 7. The van der Waals surface area contributed by atoms with Gasteiger partial charge in [-0.05, 0) is 0 Å². The number of aliphatic hydroxyl groups excluding tert-OH is 1. The van der Waals surface area contributed by atoms with E-state index in [2.05, 4.69) is 9.97 Å². The minimum Gasteiger partial charge on any atom is -0.397 e. The van der Waals surface area contributed by atoms with E-state index in [-0.39, 0.29) is 12.8 Å². The molecule has 2 atom stereocenters. The molecule has 0 saturated carbocycles. The number of aromatic nitrogens is 3. The molecule has 0 unspecified atom stereocenters. The highest BCUT2D eigenvalue weighted by molar-refractivity contribution is 5.97. The molecule has 0 aliphatic carbocycles. The molecule has 0 radical (unpaired) electrons. The van der Waals surface area contributed by atoms with Gasteiger partial charge in [0.05, 0.1) is 24.3 Å². The normalized spacial score (nSPS) is 23.8. The second-order valence-corrected chi connectivity index (χ2v) is 3.99. The molecule has 0 amide bonds. The zero-order valence-electron chi connectivity index (χ0n) is 9.48. The maximum absolute atomic E-state index is 8.96. The Morgan fingerprint density at radius 3 is 3.00 bits per heavy atom. The summed E-state index contributed by atoms with van der Waals surface area (Å²) in [6, 6.07) is 0. The van der Waals surface area contributed by atoms with E-state index in [1.165, 1.54) is 6.33 Å². The van der Waals surface area contributed by atoms with Crippen molar-refractivity contribution in [2.24, 2.45) is 0 Å².